The molecule has 0 atom stereocenters. The Labute approximate surface area is 109 Å². The molecule has 0 unspecified atom stereocenters. The Bertz CT molecular complexity index is 561. The third-order valence-corrected chi connectivity index (χ3v) is 3.04. The fourth-order valence-corrected chi connectivity index (χ4v) is 1.90. The van der Waals surface area contributed by atoms with Crippen molar-refractivity contribution >= 4 is 11.9 Å². The van der Waals surface area contributed by atoms with Gasteiger partial charge in [0.25, 0.3) is 0 Å². The van der Waals surface area contributed by atoms with Crippen molar-refractivity contribution in [2.24, 2.45) is 0 Å². The Balaban J connectivity index is 1.81. The largest absolute Gasteiger partial charge is 0.478 e. The third kappa shape index (κ3) is 2.57. The van der Waals surface area contributed by atoms with Gasteiger partial charge in [-0.3, -0.25) is 0 Å². The van der Waals surface area contributed by atoms with E-state index in [0.29, 0.717) is 18.5 Å². The van der Waals surface area contributed by atoms with Gasteiger partial charge in [-0.15, -0.1) is 0 Å². The lowest BCUT2D eigenvalue weighted by molar-refractivity contribution is 0.0696. The number of carboxylic acid groups (broad SMARTS) is 1. The molecule has 6 nitrogen and oxygen atoms in total. The van der Waals surface area contributed by atoms with Gasteiger partial charge >= 0.3 is 5.97 Å². The minimum absolute atomic E-state index is 0.0949. The molecule has 2 heterocycles. The second-order valence-electron chi connectivity index (χ2n) is 4.52. The molecule has 19 heavy (non-hydrogen) atoms. The molecule has 1 aliphatic rings. The van der Waals surface area contributed by atoms with Crippen LogP contribution >= 0.6 is 0 Å². The standard InChI is InChI=1S/C13H13N3O3/c17-12(18)9-6-14-13(15-7-9)16(10-3-4-10)8-11-2-1-5-19-11/h1-2,5-7,10H,3-4,8H2,(H,17,18). The molecule has 0 aliphatic heterocycles. The van der Waals surface area contributed by atoms with E-state index in [-0.39, 0.29) is 5.56 Å². The van der Waals surface area contributed by atoms with Crippen LogP contribution in [0.25, 0.3) is 0 Å². The smallest absolute Gasteiger partial charge is 0.338 e. The third-order valence-electron chi connectivity index (χ3n) is 3.04. The van der Waals surface area contributed by atoms with Gasteiger partial charge in [-0.05, 0) is 25.0 Å². The van der Waals surface area contributed by atoms with E-state index in [2.05, 4.69) is 9.97 Å². The van der Waals surface area contributed by atoms with Crippen LogP contribution in [0.1, 0.15) is 29.0 Å². The summed E-state index contributed by atoms with van der Waals surface area (Å²) in [6.45, 7) is 0.601. The Morgan fingerprint density at radius 1 is 1.42 bits per heavy atom. The first-order valence-corrected chi connectivity index (χ1v) is 6.08. The fraction of sp³-hybridized carbons (Fsp3) is 0.308. The van der Waals surface area contributed by atoms with Crippen LogP contribution in [0.3, 0.4) is 0 Å². The van der Waals surface area contributed by atoms with Crippen molar-refractivity contribution < 1.29 is 14.3 Å². The van der Waals surface area contributed by atoms with Crippen LogP contribution in [0.15, 0.2) is 35.2 Å². The van der Waals surface area contributed by atoms with E-state index in [1.54, 1.807) is 6.26 Å². The number of furan rings is 1. The van der Waals surface area contributed by atoms with Crippen LogP contribution in [0.2, 0.25) is 0 Å². The average Bonchev–Trinajstić information content (AvgIpc) is 3.13. The van der Waals surface area contributed by atoms with Crippen LogP contribution in [-0.4, -0.2) is 27.1 Å². The summed E-state index contributed by atoms with van der Waals surface area (Å²) in [4.78, 5) is 21.1. The van der Waals surface area contributed by atoms with Gasteiger partial charge in [0.15, 0.2) is 0 Å². The van der Waals surface area contributed by atoms with Crippen molar-refractivity contribution in [3.63, 3.8) is 0 Å². The monoisotopic (exact) mass is 259 g/mol. The molecule has 0 spiro atoms. The highest BCUT2D eigenvalue weighted by molar-refractivity contribution is 5.86. The van der Waals surface area contributed by atoms with E-state index in [0.717, 1.165) is 18.6 Å². The van der Waals surface area contributed by atoms with Crippen LogP contribution in [0.4, 0.5) is 5.95 Å². The molecule has 2 aromatic rings. The molecule has 0 radical (unpaired) electrons. The highest BCUT2D eigenvalue weighted by Crippen LogP contribution is 2.31. The lowest BCUT2D eigenvalue weighted by atomic mass is 10.3. The van der Waals surface area contributed by atoms with Crippen molar-refractivity contribution in [3.8, 4) is 0 Å². The zero-order valence-electron chi connectivity index (χ0n) is 10.2. The molecular formula is C13H13N3O3. The van der Waals surface area contributed by atoms with Gasteiger partial charge in [-0.25, -0.2) is 14.8 Å². The summed E-state index contributed by atoms with van der Waals surface area (Å²) in [6, 6.07) is 4.16. The number of carbonyl (C=O) groups is 1. The maximum Gasteiger partial charge on any atom is 0.338 e. The van der Waals surface area contributed by atoms with E-state index < -0.39 is 5.97 Å². The molecule has 0 aromatic carbocycles. The first kappa shape index (κ1) is 11.7. The molecule has 1 fully saturated rings. The Kier molecular flexibility index (Phi) is 2.91. The highest BCUT2D eigenvalue weighted by atomic mass is 16.4. The maximum atomic E-state index is 10.8. The molecular weight excluding hydrogens is 246 g/mol. The van der Waals surface area contributed by atoms with Crippen molar-refractivity contribution in [2.45, 2.75) is 25.4 Å². The second kappa shape index (κ2) is 4.72. The number of aromatic carboxylic acids is 1. The van der Waals surface area contributed by atoms with Crippen LogP contribution < -0.4 is 4.90 Å². The predicted molar refractivity (Wildman–Crippen MR) is 66.9 cm³/mol. The Morgan fingerprint density at radius 3 is 2.68 bits per heavy atom. The molecule has 3 rings (SSSR count). The van der Waals surface area contributed by atoms with Crippen molar-refractivity contribution in [3.05, 3.63) is 42.1 Å². The van der Waals surface area contributed by atoms with Gasteiger partial charge in [0.1, 0.15) is 5.76 Å². The van der Waals surface area contributed by atoms with Crippen LogP contribution in [-0.2, 0) is 6.54 Å². The maximum absolute atomic E-state index is 10.8. The molecule has 1 saturated carbocycles. The molecule has 2 aromatic heterocycles. The van der Waals surface area contributed by atoms with E-state index in [9.17, 15) is 4.79 Å². The van der Waals surface area contributed by atoms with Gasteiger partial charge < -0.3 is 14.4 Å². The van der Waals surface area contributed by atoms with E-state index in [1.165, 1.54) is 12.4 Å². The summed E-state index contributed by atoms with van der Waals surface area (Å²) in [7, 11) is 0. The molecule has 98 valence electrons. The zero-order valence-corrected chi connectivity index (χ0v) is 10.2. The summed E-state index contributed by atoms with van der Waals surface area (Å²) < 4.78 is 5.33. The lowest BCUT2D eigenvalue weighted by Gasteiger charge is -2.20. The lowest BCUT2D eigenvalue weighted by Crippen LogP contribution is -2.26. The number of hydrogen-bond acceptors (Lipinski definition) is 5. The van der Waals surface area contributed by atoms with Gasteiger partial charge in [-0.2, -0.15) is 0 Å². The number of hydrogen-bond donors (Lipinski definition) is 1. The number of aromatic nitrogens is 2. The fourth-order valence-electron chi connectivity index (χ4n) is 1.90. The van der Waals surface area contributed by atoms with Crippen molar-refractivity contribution in [1.29, 1.82) is 0 Å². The first-order valence-electron chi connectivity index (χ1n) is 6.08. The van der Waals surface area contributed by atoms with E-state index in [1.807, 2.05) is 17.0 Å². The number of carboxylic acids is 1. The van der Waals surface area contributed by atoms with Gasteiger partial charge in [-0.1, -0.05) is 0 Å². The first-order chi connectivity index (χ1) is 9.24. The predicted octanol–water partition coefficient (Wildman–Crippen LogP) is 1.94. The Hall–Kier alpha value is -2.37. The van der Waals surface area contributed by atoms with Crippen molar-refractivity contribution in [1.82, 2.24) is 9.97 Å². The normalized spacial score (nSPS) is 14.3. The van der Waals surface area contributed by atoms with E-state index in [4.69, 9.17) is 9.52 Å². The summed E-state index contributed by atoms with van der Waals surface area (Å²) >= 11 is 0. The Morgan fingerprint density at radius 2 is 2.16 bits per heavy atom. The zero-order chi connectivity index (χ0) is 13.2. The van der Waals surface area contributed by atoms with Crippen LogP contribution in [0.5, 0.6) is 0 Å². The summed E-state index contributed by atoms with van der Waals surface area (Å²) in [5.74, 6) is 0.372. The molecule has 1 N–H and O–H groups in total. The van der Waals surface area contributed by atoms with Crippen molar-refractivity contribution in [2.75, 3.05) is 4.90 Å². The second-order valence-corrected chi connectivity index (χ2v) is 4.52. The topological polar surface area (TPSA) is 79.5 Å². The quantitative estimate of drug-likeness (QED) is 0.883. The average molecular weight is 259 g/mol. The van der Waals surface area contributed by atoms with Gasteiger partial charge in [0, 0.05) is 18.4 Å². The van der Waals surface area contributed by atoms with E-state index >= 15 is 0 Å². The molecule has 0 amide bonds. The number of rotatable bonds is 5. The van der Waals surface area contributed by atoms with Crippen LogP contribution in [0, 0.1) is 0 Å². The molecule has 0 saturated heterocycles. The minimum Gasteiger partial charge on any atom is -0.478 e. The van der Waals surface area contributed by atoms with Gasteiger partial charge in [0.05, 0.1) is 18.4 Å². The summed E-state index contributed by atoms with van der Waals surface area (Å²) in [5, 5.41) is 8.83. The minimum atomic E-state index is -1.02. The summed E-state index contributed by atoms with van der Waals surface area (Å²) in [6.07, 6.45) is 6.51. The van der Waals surface area contributed by atoms with Gasteiger partial charge in [0.2, 0.25) is 5.95 Å². The summed E-state index contributed by atoms with van der Waals surface area (Å²) in [5.41, 5.74) is 0.0949. The molecule has 6 heteroatoms. The molecule has 1 aliphatic carbocycles. The molecule has 0 bridgehead atoms. The SMILES string of the molecule is O=C(O)c1cnc(N(Cc2ccco2)C2CC2)nc1. The number of nitrogens with zero attached hydrogens (tertiary/aromatic N) is 3. The highest BCUT2D eigenvalue weighted by Gasteiger charge is 2.31. The number of anilines is 1.